The number of anilines is 2. The van der Waals surface area contributed by atoms with Crippen molar-refractivity contribution in [3.8, 4) is 0 Å². The highest BCUT2D eigenvalue weighted by Crippen LogP contribution is 2.36. The van der Waals surface area contributed by atoms with Crippen molar-refractivity contribution in [2.45, 2.75) is 31.7 Å². The Morgan fingerprint density at radius 2 is 2.03 bits per heavy atom. The number of carbonyl (C=O) groups excluding carboxylic acids is 1. The number of imidazole rings is 1. The Hall–Kier alpha value is -2.30. The van der Waals surface area contributed by atoms with Crippen molar-refractivity contribution in [1.29, 1.82) is 0 Å². The number of rotatable bonds is 3. The van der Waals surface area contributed by atoms with Gasteiger partial charge in [-0.25, -0.2) is 9.97 Å². The summed E-state index contributed by atoms with van der Waals surface area (Å²) < 4.78 is 4.03. The fourth-order valence-electron chi connectivity index (χ4n) is 3.95. The summed E-state index contributed by atoms with van der Waals surface area (Å²) in [7, 11) is 0. The highest BCUT2D eigenvalue weighted by atomic mass is 79.9. The predicted molar refractivity (Wildman–Crippen MR) is 122 cm³/mol. The van der Waals surface area contributed by atoms with Gasteiger partial charge in [-0.1, -0.05) is 27.3 Å². The molecule has 1 aliphatic carbocycles. The highest BCUT2D eigenvalue weighted by Gasteiger charge is 2.29. The van der Waals surface area contributed by atoms with E-state index in [-0.39, 0.29) is 29.0 Å². The van der Waals surface area contributed by atoms with Crippen LogP contribution in [0.4, 0.5) is 10.9 Å². The summed E-state index contributed by atoms with van der Waals surface area (Å²) in [6.07, 6.45) is 4.98. The second kappa shape index (κ2) is 7.75. The monoisotopic (exact) mass is 505 g/mol. The molecule has 11 heteroatoms. The number of nitrogens with two attached hydrogens (primary N) is 1. The van der Waals surface area contributed by atoms with Crippen molar-refractivity contribution in [2.24, 2.45) is 5.92 Å². The fraction of sp³-hybridized carbons (Fsp3) is 0.316. The molecule has 0 radical (unpaired) electrons. The van der Waals surface area contributed by atoms with Crippen LogP contribution in [0.3, 0.4) is 0 Å². The van der Waals surface area contributed by atoms with Crippen LogP contribution in [0.25, 0.3) is 21.4 Å². The van der Waals surface area contributed by atoms with E-state index in [2.05, 4.69) is 41.2 Å². The van der Waals surface area contributed by atoms with Crippen molar-refractivity contribution in [3.63, 3.8) is 0 Å². The average molecular weight is 507 g/mol. The minimum atomic E-state index is -0.0435. The third-order valence-electron chi connectivity index (χ3n) is 5.46. The van der Waals surface area contributed by atoms with Gasteiger partial charge in [0.1, 0.15) is 5.52 Å². The zero-order valence-corrected chi connectivity index (χ0v) is 18.8. The van der Waals surface area contributed by atoms with Gasteiger partial charge in [0.2, 0.25) is 11.2 Å². The van der Waals surface area contributed by atoms with Crippen LogP contribution in [0.2, 0.25) is 5.28 Å². The van der Waals surface area contributed by atoms with Crippen LogP contribution in [0.5, 0.6) is 0 Å². The van der Waals surface area contributed by atoms with Crippen LogP contribution in [0.15, 0.2) is 29.0 Å². The van der Waals surface area contributed by atoms with Crippen molar-refractivity contribution in [2.75, 3.05) is 11.1 Å². The lowest BCUT2D eigenvalue weighted by Gasteiger charge is -2.28. The molecule has 30 heavy (non-hydrogen) atoms. The molecule has 154 valence electrons. The first kappa shape index (κ1) is 19.7. The molecule has 8 nitrogen and oxygen atoms in total. The van der Waals surface area contributed by atoms with Gasteiger partial charge >= 0.3 is 0 Å². The maximum absolute atomic E-state index is 12.8. The molecule has 3 N–H and O–H groups in total. The van der Waals surface area contributed by atoms with Gasteiger partial charge in [-0.15, -0.1) is 0 Å². The number of amides is 1. The topological polar surface area (TPSA) is 112 Å². The van der Waals surface area contributed by atoms with E-state index in [9.17, 15) is 4.79 Å². The Kier molecular flexibility index (Phi) is 5.08. The molecular weight excluding hydrogens is 490 g/mol. The summed E-state index contributed by atoms with van der Waals surface area (Å²) in [4.78, 5) is 29.9. The molecule has 4 aromatic rings. The van der Waals surface area contributed by atoms with Crippen molar-refractivity contribution in [1.82, 2.24) is 24.5 Å². The number of hydrogen-bond acceptors (Lipinski definition) is 7. The Balaban J connectivity index is 1.27. The Morgan fingerprint density at radius 3 is 2.83 bits per heavy atom. The molecule has 0 aliphatic heterocycles. The number of thiazole rings is 1. The molecule has 1 fully saturated rings. The van der Waals surface area contributed by atoms with Crippen LogP contribution >= 0.6 is 38.9 Å². The number of hydrogen-bond donors (Lipinski definition) is 2. The normalized spacial score (nSPS) is 19.4. The van der Waals surface area contributed by atoms with E-state index in [1.807, 2.05) is 22.8 Å². The van der Waals surface area contributed by atoms with Crippen LogP contribution < -0.4 is 11.1 Å². The van der Waals surface area contributed by atoms with E-state index in [0.29, 0.717) is 16.3 Å². The molecule has 1 aliphatic rings. The molecule has 0 atom stereocenters. The second-order valence-electron chi connectivity index (χ2n) is 7.33. The highest BCUT2D eigenvalue weighted by molar-refractivity contribution is 9.10. The summed E-state index contributed by atoms with van der Waals surface area (Å²) in [6.45, 7) is 0. The molecule has 0 bridgehead atoms. The zero-order chi connectivity index (χ0) is 20.8. The molecule has 3 heterocycles. The lowest BCUT2D eigenvalue weighted by atomic mass is 9.85. The van der Waals surface area contributed by atoms with Crippen LogP contribution in [0, 0.1) is 5.92 Å². The number of halogens is 2. The minimum Gasteiger partial charge on any atom is -0.382 e. The molecule has 0 saturated heterocycles. The first-order valence-electron chi connectivity index (χ1n) is 9.50. The van der Waals surface area contributed by atoms with E-state index in [1.165, 1.54) is 11.3 Å². The lowest BCUT2D eigenvalue weighted by molar-refractivity contribution is -0.120. The molecule has 1 aromatic carbocycles. The third kappa shape index (κ3) is 3.63. The number of nitrogens with one attached hydrogen (secondary N) is 1. The van der Waals surface area contributed by atoms with Crippen LogP contribution in [0.1, 0.15) is 31.7 Å². The number of carbonyl (C=O) groups is 1. The van der Waals surface area contributed by atoms with Crippen molar-refractivity contribution < 1.29 is 4.79 Å². The SMILES string of the molecule is Nc1nc(Cl)nc2c1ncn2[C@H]1CC[C@@H](C(=O)Nc2nc3ccc(Br)cc3s2)CC1. The largest absolute Gasteiger partial charge is 0.382 e. The quantitative estimate of drug-likeness (QED) is 0.386. The number of aromatic nitrogens is 5. The van der Waals surface area contributed by atoms with E-state index < -0.39 is 0 Å². The van der Waals surface area contributed by atoms with Crippen molar-refractivity contribution in [3.05, 3.63) is 34.3 Å². The van der Waals surface area contributed by atoms with E-state index in [0.717, 1.165) is 40.4 Å². The molecule has 3 aromatic heterocycles. The van der Waals surface area contributed by atoms with E-state index in [1.54, 1.807) is 6.33 Å². The van der Waals surface area contributed by atoms with Gasteiger partial charge in [-0.05, 0) is 55.5 Å². The molecular formula is C19H17BrClN7OS. The molecule has 1 saturated carbocycles. The maximum atomic E-state index is 12.8. The smallest absolute Gasteiger partial charge is 0.229 e. The fourth-order valence-corrected chi connectivity index (χ4v) is 5.55. The standard InChI is InChI=1S/C19H17BrClN7OS/c20-10-3-6-12-13(7-10)30-19(24-12)27-17(29)9-1-4-11(5-2-9)28-8-23-14-15(22)25-18(21)26-16(14)28/h3,6-9,11H,1-2,4-5H2,(H2,22,25,26)(H,24,27,29)/t9-,11+. The Bertz CT molecular complexity index is 1260. The average Bonchev–Trinajstić information content (AvgIpc) is 3.31. The van der Waals surface area contributed by atoms with Gasteiger partial charge in [0.05, 0.1) is 16.5 Å². The first-order chi connectivity index (χ1) is 14.5. The minimum absolute atomic E-state index is 0.0247. The van der Waals surface area contributed by atoms with Crippen LogP contribution in [-0.4, -0.2) is 30.4 Å². The molecule has 0 unspecified atom stereocenters. The van der Waals surface area contributed by atoms with E-state index >= 15 is 0 Å². The lowest BCUT2D eigenvalue weighted by Crippen LogP contribution is -2.28. The van der Waals surface area contributed by atoms with Gasteiger partial charge < -0.3 is 15.6 Å². The summed E-state index contributed by atoms with van der Waals surface area (Å²) in [5.74, 6) is 0.259. The van der Waals surface area contributed by atoms with Gasteiger partial charge in [-0.2, -0.15) is 9.97 Å². The molecule has 5 rings (SSSR count). The third-order valence-corrected chi connectivity index (χ3v) is 7.06. The summed E-state index contributed by atoms with van der Waals surface area (Å²) in [5.41, 5.74) is 7.98. The maximum Gasteiger partial charge on any atom is 0.229 e. The molecule has 0 spiro atoms. The number of nitrogen functional groups attached to an aromatic ring is 1. The number of nitrogens with zero attached hydrogens (tertiary/aromatic N) is 5. The van der Waals surface area contributed by atoms with Crippen molar-refractivity contribution >= 4 is 77.1 Å². The van der Waals surface area contributed by atoms with Gasteiger partial charge in [0.25, 0.3) is 0 Å². The first-order valence-corrected chi connectivity index (χ1v) is 11.5. The predicted octanol–water partition coefficient (Wildman–Crippen LogP) is 4.80. The summed E-state index contributed by atoms with van der Waals surface area (Å²) in [6, 6.07) is 6.09. The number of fused-ring (bicyclic) bond motifs is 2. The molecule has 1 amide bonds. The number of benzene rings is 1. The summed E-state index contributed by atoms with van der Waals surface area (Å²) >= 11 is 10.9. The van der Waals surface area contributed by atoms with Gasteiger partial charge in [-0.3, -0.25) is 4.79 Å². The van der Waals surface area contributed by atoms with E-state index in [4.69, 9.17) is 17.3 Å². The Labute approximate surface area is 189 Å². The Morgan fingerprint density at radius 1 is 1.23 bits per heavy atom. The van der Waals surface area contributed by atoms with Gasteiger partial charge in [0.15, 0.2) is 16.6 Å². The second-order valence-corrected chi connectivity index (χ2v) is 9.61. The summed E-state index contributed by atoms with van der Waals surface area (Å²) in [5, 5.41) is 3.74. The van der Waals surface area contributed by atoms with Gasteiger partial charge in [0, 0.05) is 16.4 Å². The zero-order valence-electron chi connectivity index (χ0n) is 15.7. The van der Waals surface area contributed by atoms with Crippen LogP contribution in [-0.2, 0) is 4.79 Å².